The van der Waals surface area contributed by atoms with Gasteiger partial charge in [0.15, 0.2) is 0 Å². The average molecular weight is 270 g/mol. The van der Waals surface area contributed by atoms with Gasteiger partial charge in [-0.15, -0.1) is 0 Å². The van der Waals surface area contributed by atoms with Gasteiger partial charge in [0.25, 0.3) is 5.92 Å². The lowest BCUT2D eigenvalue weighted by Gasteiger charge is -2.07. The molecule has 100 valence electrons. The third-order valence-corrected chi connectivity index (χ3v) is 2.56. The number of rotatable bonds is 3. The van der Waals surface area contributed by atoms with E-state index in [0.29, 0.717) is 6.07 Å². The van der Waals surface area contributed by atoms with E-state index < -0.39 is 48.3 Å². The van der Waals surface area contributed by atoms with E-state index in [0.717, 1.165) is 0 Å². The summed E-state index contributed by atoms with van der Waals surface area (Å²) in [5.74, 6) is -5.93. The molecule has 1 aliphatic rings. The van der Waals surface area contributed by atoms with Crippen molar-refractivity contribution in [3.63, 3.8) is 0 Å². The van der Waals surface area contributed by atoms with Crippen LogP contribution in [0.5, 0.6) is 0 Å². The Morgan fingerprint density at radius 3 is 2.50 bits per heavy atom. The Labute approximate surface area is 97.0 Å². The van der Waals surface area contributed by atoms with Gasteiger partial charge < -0.3 is 5.11 Å². The Balaban J connectivity index is 2.35. The minimum Gasteiger partial charge on any atom is -0.480 e. The van der Waals surface area contributed by atoms with E-state index in [2.05, 4.69) is 5.10 Å². The predicted molar refractivity (Wildman–Crippen MR) is 47.2 cm³/mol. The van der Waals surface area contributed by atoms with Crippen LogP contribution in [0, 0.1) is 0 Å². The highest BCUT2D eigenvalue weighted by Gasteiger charge is 2.59. The van der Waals surface area contributed by atoms with Crippen molar-refractivity contribution in [1.29, 1.82) is 0 Å². The molecule has 1 aromatic heterocycles. The molecule has 0 aromatic carbocycles. The number of alkyl halides is 5. The second-order valence-electron chi connectivity index (χ2n) is 4.02. The fourth-order valence-corrected chi connectivity index (χ4v) is 1.62. The fourth-order valence-electron chi connectivity index (χ4n) is 1.62. The Hall–Kier alpha value is -1.67. The van der Waals surface area contributed by atoms with Crippen molar-refractivity contribution < 1.29 is 31.9 Å². The van der Waals surface area contributed by atoms with Crippen LogP contribution in [0.2, 0.25) is 0 Å². The van der Waals surface area contributed by atoms with Crippen LogP contribution in [0.4, 0.5) is 22.0 Å². The molecule has 1 N–H and O–H groups in total. The topological polar surface area (TPSA) is 55.1 Å². The molecule has 1 fully saturated rings. The van der Waals surface area contributed by atoms with Gasteiger partial charge in [0.05, 0.1) is 11.6 Å². The van der Waals surface area contributed by atoms with Crippen molar-refractivity contribution in [2.75, 3.05) is 0 Å². The fraction of sp³-hybridized carbons (Fsp3) is 0.556. The number of hydrogen-bond donors (Lipinski definition) is 1. The maximum Gasteiger partial charge on any atom is 0.433 e. The summed E-state index contributed by atoms with van der Waals surface area (Å²) in [6, 6.07) is 0.481. The molecule has 0 radical (unpaired) electrons. The zero-order chi connectivity index (χ0) is 13.7. The van der Waals surface area contributed by atoms with Crippen molar-refractivity contribution >= 4 is 5.97 Å². The van der Waals surface area contributed by atoms with Crippen molar-refractivity contribution in [2.45, 2.75) is 31.0 Å². The minimum atomic E-state index is -4.83. The first-order valence-corrected chi connectivity index (χ1v) is 4.86. The van der Waals surface area contributed by atoms with Crippen LogP contribution in [0.3, 0.4) is 0 Å². The van der Waals surface area contributed by atoms with E-state index in [-0.39, 0.29) is 4.68 Å². The van der Waals surface area contributed by atoms with E-state index in [9.17, 15) is 26.7 Å². The number of carboxylic acids is 1. The highest BCUT2D eigenvalue weighted by Crippen LogP contribution is 2.55. The van der Waals surface area contributed by atoms with Crippen LogP contribution >= 0.6 is 0 Å². The van der Waals surface area contributed by atoms with Crippen molar-refractivity contribution in [3.8, 4) is 0 Å². The Kier molecular flexibility index (Phi) is 2.60. The van der Waals surface area contributed by atoms with Crippen LogP contribution in [0.1, 0.15) is 23.7 Å². The maximum absolute atomic E-state index is 12.7. The summed E-state index contributed by atoms with van der Waals surface area (Å²) in [5.41, 5.74) is -1.75. The first-order valence-electron chi connectivity index (χ1n) is 4.86. The van der Waals surface area contributed by atoms with Crippen molar-refractivity contribution in [2.24, 2.45) is 0 Å². The monoisotopic (exact) mass is 270 g/mol. The Morgan fingerprint density at radius 1 is 1.56 bits per heavy atom. The number of carboxylic acid groups (broad SMARTS) is 1. The van der Waals surface area contributed by atoms with E-state index in [1.165, 1.54) is 0 Å². The summed E-state index contributed by atoms with van der Waals surface area (Å²) in [6.07, 6.45) is -5.39. The molecule has 1 saturated carbocycles. The molecule has 0 spiro atoms. The molecule has 1 heterocycles. The molecule has 1 atom stereocenters. The lowest BCUT2D eigenvalue weighted by molar-refractivity contribution is -0.147. The largest absolute Gasteiger partial charge is 0.480 e. The number of aliphatic carboxylic acids is 1. The smallest absolute Gasteiger partial charge is 0.433 e. The molecule has 2 rings (SSSR count). The normalized spacial score (nSPS) is 21.9. The van der Waals surface area contributed by atoms with Gasteiger partial charge in [-0.2, -0.15) is 18.3 Å². The highest BCUT2D eigenvalue weighted by atomic mass is 19.4. The van der Waals surface area contributed by atoms with Gasteiger partial charge in [-0.1, -0.05) is 0 Å². The molecule has 4 nitrogen and oxygen atoms in total. The predicted octanol–water partition coefficient (Wildman–Crippen LogP) is 2.11. The molecule has 0 aliphatic heterocycles. The van der Waals surface area contributed by atoms with Gasteiger partial charge in [-0.3, -0.25) is 4.79 Å². The Morgan fingerprint density at radius 2 is 2.11 bits per heavy atom. The molecular weight excluding hydrogens is 263 g/mol. The first kappa shape index (κ1) is 12.8. The summed E-state index contributed by atoms with van der Waals surface area (Å²) in [6.45, 7) is -1.02. The highest BCUT2D eigenvalue weighted by molar-refractivity contribution is 5.66. The molecule has 1 aliphatic carbocycles. The number of aromatic nitrogens is 2. The van der Waals surface area contributed by atoms with Gasteiger partial charge in [0.1, 0.15) is 12.2 Å². The standard InChI is InChI=1S/C9H7F5N2O2/c10-8(11)2-4(8)5-1-6(9(12,13)14)16(15-5)3-7(17)18/h1,4H,2-3H2,(H,17,18). The molecule has 0 bridgehead atoms. The molecular formula is C9H7F5N2O2. The van der Waals surface area contributed by atoms with Crippen LogP contribution in [0.25, 0.3) is 0 Å². The van der Waals surface area contributed by atoms with Crippen LogP contribution in [-0.4, -0.2) is 26.8 Å². The van der Waals surface area contributed by atoms with Crippen LogP contribution in [-0.2, 0) is 17.5 Å². The van der Waals surface area contributed by atoms with Crippen LogP contribution < -0.4 is 0 Å². The third-order valence-electron chi connectivity index (χ3n) is 2.56. The molecule has 0 amide bonds. The van der Waals surface area contributed by atoms with Gasteiger partial charge in [-0.05, 0) is 6.07 Å². The molecule has 1 aromatic rings. The second kappa shape index (κ2) is 3.66. The molecule has 1 unspecified atom stereocenters. The van der Waals surface area contributed by atoms with Crippen molar-refractivity contribution in [3.05, 3.63) is 17.5 Å². The second-order valence-corrected chi connectivity index (χ2v) is 4.02. The SMILES string of the molecule is O=C(O)Cn1nc(C2CC2(F)F)cc1C(F)(F)F. The molecule has 0 saturated heterocycles. The summed E-state index contributed by atoms with van der Waals surface area (Å²) in [4.78, 5) is 10.4. The van der Waals surface area contributed by atoms with E-state index >= 15 is 0 Å². The van der Waals surface area contributed by atoms with Gasteiger partial charge in [0.2, 0.25) is 0 Å². The lowest BCUT2D eigenvalue weighted by Crippen LogP contribution is -2.18. The van der Waals surface area contributed by atoms with Crippen molar-refractivity contribution in [1.82, 2.24) is 9.78 Å². The number of halogens is 5. The zero-order valence-electron chi connectivity index (χ0n) is 8.71. The number of nitrogens with zero attached hydrogens (tertiary/aromatic N) is 2. The van der Waals surface area contributed by atoms with Crippen LogP contribution in [0.15, 0.2) is 6.07 Å². The minimum absolute atomic E-state index is 0.187. The summed E-state index contributed by atoms with van der Waals surface area (Å²) < 4.78 is 63.3. The van der Waals surface area contributed by atoms with Gasteiger partial charge in [-0.25, -0.2) is 13.5 Å². The summed E-state index contributed by atoms with van der Waals surface area (Å²) in [5, 5.41) is 11.8. The average Bonchev–Trinajstić information content (AvgIpc) is 2.63. The van der Waals surface area contributed by atoms with E-state index in [4.69, 9.17) is 5.11 Å². The quantitative estimate of drug-likeness (QED) is 0.856. The van der Waals surface area contributed by atoms with Gasteiger partial charge >= 0.3 is 12.1 Å². The zero-order valence-corrected chi connectivity index (χ0v) is 8.71. The van der Waals surface area contributed by atoms with E-state index in [1.807, 2.05) is 0 Å². The Bertz CT molecular complexity index is 494. The van der Waals surface area contributed by atoms with Gasteiger partial charge in [0, 0.05) is 6.42 Å². The third kappa shape index (κ3) is 2.29. The number of hydrogen-bond acceptors (Lipinski definition) is 2. The maximum atomic E-state index is 12.7. The first-order chi connectivity index (χ1) is 8.11. The number of carbonyl (C=O) groups is 1. The molecule has 18 heavy (non-hydrogen) atoms. The lowest BCUT2D eigenvalue weighted by atomic mass is 10.2. The summed E-state index contributed by atoms with van der Waals surface area (Å²) >= 11 is 0. The summed E-state index contributed by atoms with van der Waals surface area (Å²) in [7, 11) is 0. The molecule has 9 heteroatoms. The van der Waals surface area contributed by atoms with E-state index in [1.54, 1.807) is 0 Å².